The summed E-state index contributed by atoms with van der Waals surface area (Å²) in [5.41, 5.74) is 0. The van der Waals surface area contributed by atoms with E-state index in [1.165, 1.54) is 32.1 Å². The van der Waals surface area contributed by atoms with Gasteiger partial charge in [-0.25, -0.2) is 8.42 Å². The first-order valence-corrected chi connectivity index (χ1v) is 9.98. The van der Waals surface area contributed by atoms with Crippen LogP contribution in [0.3, 0.4) is 0 Å². The number of likely N-dealkylation sites (N-methyl/N-ethyl adjacent to an activating group) is 1. The van der Waals surface area contributed by atoms with E-state index in [2.05, 4.69) is 5.32 Å². The van der Waals surface area contributed by atoms with Crippen LogP contribution in [0.1, 0.15) is 51.4 Å². The number of rotatable bonds is 4. The van der Waals surface area contributed by atoms with Gasteiger partial charge in [-0.1, -0.05) is 32.1 Å². The molecule has 5 nitrogen and oxygen atoms in total. The van der Waals surface area contributed by atoms with Crippen LogP contribution in [0.4, 0.5) is 0 Å². The third kappa shape index (κ3) is 5.58. The molecule has 122 valence electrons. The van der Waals surface area contributed by atoms with Crippen molar-refractivity contribution in [1.29, 1.82) is 0 Å². The Bertz CT molecular complexity index is 442. The van der Waals surface area contributed by atoms with Crippen molar-refractivity contribution in [3.63, 3.8) is 0 Å². The molecule has 1 amide bonds. The van der Waals surface area contributed by atoms with Gasteiger partial charge >= 0.3 is 0 Å². The van der Waals surface area contributed by atoms with Crippen LogP contribution in [0.15, 0.2) is 0 Å². The van der Waals surface area contributed by atoms with Crippen LogP contribution >= 0.6 is 0 Å². The molecule has 2 rings (SSSR count). The van der Waals surface area contributed by atoms with Crippen molar-refractivity contribution in [3.05, 3.63) is 0 Å². The molecule has 1 saturated carbocycles. The Morgan fingerprint density at radius 3 is 2.29 bits per heavy atom. The van der Waals surface area contributed by atoms with Crippen molar-refractivity contribution in [3.8, 4) is 0 Å². The molecule has 1 aliphatic carbocycles. The van der Waals surface area contributed by atoms with Gasteiger partial charge in [-0.05, 0) is 26.3 Å². The van der Waals surface area contributed by atoms with E-state index in [1.807, 2.05) is 11.9 Å². The number of sulfone groups is 1. The number of hydrogen-bond donors (Lipinski definition) is 1. The molecular formula is C15H28N2O3S. The molecule has 1 atom stereocenters. The van der Waals surface area contributed by atoms with Crippen LogP contribution in [-0.2, 0) is 14.6 Å². The first-order valence-electron chi connectivity index (χ1n) is 8.16. The van der Waals surface area contributed by atoms with E-state index < -0.39 is 9.84 Å². The number of amides is 1. The Kier molecular flexibility index (Phi) is 6.05. The van der Waals surface area contributed by atoms with E-state index in [9.17, 15) is 13.2 Å². The fourth-order valence-electron chi connectivity index (χ4n) is 3.35. The van der Waals surface area contributed by atoms with Gasteiger partial charge in [0.25, 0.3) is 0 Å². The molecular weight excluding hydrogens is 288 g/mol. The number of nitrogens with one attached hydrogen (secondary N) is 1. The number of carbonyl (C=O) groups is 1. The van der Waals surface area contributed by atoms with Gasteiger partial charge in [0, 0.05) is 12.1 Å². The van der Waals surface area contributed by atoms with E-state index in [0.29, 0.717) is 19.0 Å². The van der Waals surface area contributed by atoms with Crippen LogP contribution in [0.25, 0.3) is 0 Å². The summed E-state index contributed by atoms with van der Waals surface area (Å²) >= 11 is 0. The van der Waals surface area contributed by atoms with Crippen LogP contribution in [0.5, 0.6) is 0 Å². The molecule has 0 aromatic carbocycles. The Balaban J connectivity index is 1.75. The second kappa shape index (κ2) is 7.58. The van der Waals surface area contributed by atoms with Gasteiger partial charge in [-0.3, -0.25) is 9.69 Å². The topological polar surface area (TPSA) is 66.5 Å². The minimum Gasteiger partial charge on any atom is -0.352 e. The average Bonchev–Trinajstić information content (AvgIpc) is 2.73. The molecule has 1 saturated heterocycles. The van der Waals surface area contributed by atoms with Crippen molar-refractivity contribution >= 4 is 15.7 Å². The van der Waals surface area contributed by atoms with Crippen molar-refractivity contribution in [1.82, 2.24) is 10.2 Å². The van der Waals surface area contributed by atoms with Crippen molar-refractivity contribution in [2.24, 2.45) is 0 Å². The Morgan fingerprint density at radius 1 is 1.10 bits per heavy atom. The molecule has 2 fully saturated rings. The molecule has 1 unspecified atom stereocenters. The van der Waals surface area contributed by atoms with Crippen molar-refractivity contribution in [2.75, 3.05) is 25.1 Å². The Hall–Kier alpha value is -0.620. The Morgan fingerprint density at radius 2 is 1.71 bits per heavy atom. The van der Waals surface area contributed by atoms with Gasteiger partial charge in [-0.2, -0.15) is 0 Å². The highest BCUT2D eigenvalue weighted by atomic mass is 32.2. The summed E-state index contributed by atoms with van der Waals surface area (Å²) in [5.74, 6) is 0.485. The maximum absolute atomic E-state index is 12.1. The first kappa shape index (κ1) is 16.7. The predicted octanol–water partition coefficient (Wildman–Crippen LogP) is 1.33. The standard InChI is InChI=1S/C15H28N2O3S/c1-17(14-9-10-21(19,20)12-14)11-15(18)16-13-7-5-3-2-4-6-8-13/h13-14H,2-12H2,1H3,(H,16,18). The monoisotopic (exact) mass is 316 g/mol. The lowest BCUT2D eigenvalue weighted by Crippen LogP contribution is -2.44. The maximum atomic E-state index is 12.1. The van der Waals surface area contributed by atoms with Gasteiger partial charge in [0.05, 0.1) is 18.1 Å². The lowest BCUT2D eigenvalue weighted by molar-refractivity contribution is -0.123. The van der Waals surface area contributed by atoms with Gasteiger partial charge in [0.2, 0.25) is 5.91 Å². The summed E-state index contributed by atoms with van der Waals surface area (Å²) in [6.07, 6.45) is 9.05. The minimum atomic E-state index is -2.89. The van der Waals surface area contributed by atoms with Gasteiger partial charge < -0.3 is 5.32 Å². The number of hydrogen-bond acceptors (Lipinski definition) is 4. The molecule has 2 aliphatic rings. The number of carbonyl (C=O) groups excluding carboxylic acids is 1. The SMILES string of the molecule is CN(CC(=O)NC1CCCCCCC1)C1CCS(=O)(=O)C1. The predicted molar refractivity (Wildman–Crippen MR) is 83.9 cm³/mol. The smallest absolute Gasteiger partial charge is 0.234 e. The largest absolute Gasteiger partial charge is 0.352 e. The zero-order chi connectivity index (χ0) is 15.3. The lowest BCUT2D eigenvalue weighted by atomic mass is 9.97. The van der Waals surface area contributed by atoms with Gasteiger partial charge in [0.1, 0.15) is 0 Å². The van der Waals surface area contributed by atoms with Gasteiger partial charge in [-0.15, -0.1) is 0 Å². The van der Waals surface area contributed by atoms with Crippen LogP contribution < -0.4 is 5.32 Å². The third-order valence-electron chi connectivity index (χ3n) is 4.70. The molecule has 6 heteroatoms. The van der Waals surface area contributed by atoms with Gasteiger partial charge in [0.15, 0.2) is 9.84 Å². The summed E-state index contributed by atoms with van der Waals surface area (Å²) in [4.78, 5) is 14.0. The molecule has 0 aromatic heterocycles. The summed E-state index contributed by atoms with van der Waals surface area (Å²) in [6.45, 7) is 0.302. The lowest BCUT2D eigenvalue weighted by Gasteiger charge is -2.25. The van der Waals surface area contributed by atoms with Crippen molar-refractivity contribution < 1.29 is 13.2 Å². The highest BCUT2D eigenvalue weighted by Gasteiger charge is 2.31. The highest BCUT2D eigenvalue weighted by molar-refractivity contribution is 7.91. The van der Waals surface area contributed by atoms with Crippen LogP contribution in [0.2, 0.25) is 0 Å². The average molecular weight is 316 g/mol. The normalized spacial score (nSPS) is 27.2. The molecule has 0 aromatic rings. The zero-order valence-corrected chi connectivity index (χ0v) is 13.8. The minimum absolute atomic E-state index is 0.00177. The summed E-state index contributed by atoms with van der Waals surface area (Å²) in [6, 6.07) is 0.302. The van der Waals surface area contributed by atoms with Crippen LogP contribution in [0, 0.1) is 0 Å². The quantitative estimate of drug-likeness (QED) is 0.850. The maximum Gasteiger partial charge on any atom is 0.234 e. The van der Waals surface area contributed by atoms with E-state index in [-0.39, 0.29) is 23.5 Å². The fraction of sp³-hybridized carbons (Fsp3) is 0.933. The third-order valence-corrected chi connectivity index (χ3v) is 6.45. The second-order valence-electron chi connectivity index (χ2n) is 6.58. The number of nitrogens with zero attached hydrogens (tertiary/aromatic N) is 1. The highest BCUT2D eigenvalue weighted by Crippen LogP contribution is 2.18. The summed E-state index contributed by atoms with van der Waals surface area (Å²) in [7, 11) is -1.04. The fourth-order valence-corrected chi connectivity index (χ4v) is 5.16. The molecule has 0 spiro atoms. The van der Waals surface area contributed by atoms with Crippen LogP contribution in [-0.4, -0.2) is 56.4 Å². The molecule has 1 aliphatic heterocycles. The Labute approximate surface area is 128 Å². The molecule has 0 radical (unpaired) electrons. The van der Waals surface area contributed by atoms with Crippen molar-refractivity contribution in [2.45, 2.75) is 63.5 Å². The molecule has 21 heavy (non-hydrogen) atoms. The first-order chi connectivity index (χ1) is 9.96. The molecule has 1 heterocycles. The zero-order valence-electron chi connectivity index (χ0n) is 13.0. The van der Waals surface area contributed by atoms with E-state index in [4.69, 9.17) is 0 Å². The van der Waals surface area contributed by atoms with E-state index in [1.54, 1.807) is 0 Å². The molecule has 0 bridgehead atoms. The second-order valence-corrected chi connectivity index (χ2v) is 8.81. The summed E-state index contributed by atoms with van der Waals surface area (Å²) < 4.78 is 23.0. The van der Waals surface area contributed by atoms with E-state index >= 15 is 0 Å². The van der Waals surface area contributed by atoms with E-state index in [0.717, 1.165) is 12.8 Å². The molecule has 1 N–H and O–H groups in total. The summed E-state index contributed by atoms with van der Waals surface area (Å²) in [5, 5.41) is 3.13.